The first-order valence-corrected chi connectivity index (χ1v) is 10.2. The summed E-state index contributed by atoms with van der Waals surface area (Å²) in [5, 5.41) is 11.4. The molecule has 1 aromatic heterocycles. The van der Waals surface area contributed by atoms with Crippen LogP contribution in [0.5, 0.6) is 5.75 Å². The summed E-state index contributed by atoms with van der Waals surface area (Å²) >= 11 is 1.88. The highest BCUT2D eigenvalue weighted by Gasteiger charge is 2.20. The summed E-state index contributed by atoms with van der Waals surface area (Å²) in [6, 6.07) is 7.92. The molecule has 0 spiro atoms. The number of hydrogen-bond donors (Lipinski definition) is 1. The topological polar surface area (TPSA) is 72.3 Å². The Labute approximate surface area is 163 Å². The number of nitrogens with one attached hydrogen (secondary N) is 1. The van der Waals surface area contributed by atoms with E-state index in [1.807, 2.05) is 40.9 Å². The predicted molar refractivity (Wildman–Crippen MR) is 108 cm³/mol. The second-order valence-corrected chi connectivity index (χ2v) is 7.38. The van der Waals surface area contributed by atoms with Gasteiger partial charge < -0.3 is 15.0 Å². The van der Waals surface area contributed by atoms with Gasteiger partial charge in [0.1, 0.15) is 5.75 Å². The van der Waals surface area contributed by atoms with Crippen molar-refractivity contribution in [2.24, 2.45) is 0 Å². The largest absolute Gasteiger partial charge is 0.497 e. The van der Waals surface area contributed by atoms with Gasteiger partial charge in [0.25, 0.3) is 5.91 Å². The first-order chi connectivity index (χ1) is 13.3. The Morgan fingerprint density at radius 3 is 2.81 bits per heavy atom. The minimum atomic E-state index is -0.0167. The second kappa shape index (κ2) is 10.1. The highest BCUT2D eigenvalue weighted by atomic mass is 32.2. The van der Waals surface area contributed by atoms with Crippen molar-refractivity contribution in [3.8, 4) is 5.75 Å². The fraction of sp³-hybridized carbons (Fsp3) is 0.421. The van der Waals surface area contributed by atoms with Crippen LogP contribution in [0, 0.1) is 0 Å². The van der Waals surface area contributed by atoms with Gasteiger partial charge in [0.15, 0.2) is 5.69 Å². The van der Waals surface area contributed by atoms with Gasteiger partial charge in [-0.15, -0.1) is 5.10 Å². The SMILES string of the molecule is COc1ccc(/C=C/CNCCn2cc(C(=O)N3CCSCC3)nn2)cc1. The van der Waals surface area contributed by atoms with Gasteiger partial charge in [-0.05, 0) is 17.7 Å². The number of rotatable bonds is 8. The van der Waals surface area contributed by atoms with E-state index in [9.17, 15) is 4.79 Å². The molecule has 1 fully saturated rings. The van der Waals surface area contributed by atoms with Gasteiger partial charge >= 0.3 is 0 Å². The number of carbonyl (C=O) groups is 1. The quantitative estimate of drug-likeness (QED) is 0.696. The van der Waals surface area contributed by atoms with Crippen molar-refractivity contribution in [3.63, 3.8) is 0 Å². The normalized spacial score (nSPS) is 14.6. The molecule has 1 N–H and O–H groups in total. The van der Waals surface area contributed by atoms with Gasteiger partial charge in [0.05, 0.1) is 19.9 Å². The Morgan fingerprint density at radius 2 is 2.07 bits per heavy atom. The van der Waals surface area contributed by atoms with Crippen LogP contribution in [-0.2, 0) is 6.54 Å². The maximum atomic E-state index is 12.4. The van der Waals surface area contributed by atoms with Crippen molar-refractivity contribution in [1.29, 1.82) is 0 Å². The second-order valence-electron chi connectivity index (χ2n) is 6.15. The fourth-order valence-corrected chi connectivity index (χ4v) is 3.63. The maximum Gasteiger partial charge on any atom is 0.276 e. The molecule has 8 heteroatoms. The zero-order valence-electron chi connectivity index (χ0n) is 15.5. The van der Waals surface area contributed by atoms with E-state index in [1.165, 1.54) is 0 Å². The summed E-state index contributed by atoms with van der Waals surface area (Å²) in [5.41, 5.74) is 1.56. The molecule has 144 valence electrons. The van der Waals surface area contributed by atoms with E-state index in [1.54, 1.807) is 18.0 Å². The molecule has 1 amide bonds. The Hall–Kier alpha value is -2.32. The van der Waals surface area contributed by atoms with Crippen LogP contribution in [0.3, 0.4) is 0 Å². The number of carbonyl (C=O) groups excluding carboxylic acids is 1. The molecule has 0 unspecified atom stereocenters. The molecule has 1 aliphatic heterocycles. The maximum absolute atomic E-state index is 12.4. The van der Waals surface area contributed by atoms with Crippen LogP contribution in [0.25, 0.3) is 6.08 Å². The zero-order chi connectivity index (χ0) is 18.9. The highest BCUT2D eigenvalue weighted by molar-refractivity contribution is 7.99. The molecule has 3 rings (SSSR count). The fourth-order valence-electron chi connectivity index (χ4n) is 2.72. The monoisotopic (exact) mass is 387 g/mol. The molecular formula is C19H25N5O2S. The van der Waals surface area contributed by atoms with Crippen LogP contribution in [0.1, 0.15) is 16.1 Å². The van der Waals surface area contributed by atoms with Crippen LogP contribution < -0.4 is 10.1 Å². The molecule has 0 saturated carbocycles. The smallest absolute Gasteiger partial charge is 0.276 e. The lowest BCUT2D eigenvalue weighted by molar-refractivity contribution is 0.0766. The molecule has 1 aromatic carbocycles. The average Bonchev–Trinajstić information content (AvgIpc) is 3.20. The van der Waals surface area contributed by atoms with E-state index < -0.39 is 0 Å². The lowest BCUT2D eigenvalue weighted by Gasteiger charge is -2.25. The molecule has 0 aliphatic carbocycles. The lowest BCUT2D eigenvalue weighted by atomic mass is 10.2. The Morgan fingerprint density at radius 1 is 1.30 bits per heavy atom. The summed E-state index contributed by atoms with van der Waals surface area (Å²) in [4.78, 5) is 14.2. The number of hydrogen-bond acceptors (Lipinski definition) is 6. The molecule has 0 atom stereocenters. The molecule has 0 bridgehead atoms. The minimum absolute atomic E-state index is 0.0167. The molecule has 2 aromatic rings. The summed E-state index contributed by atoms with van der Waals surface area (Å²) < 4.78 is 6.86. The Bertz CT molecular complexity index is 754. The molecule has 1 saturated heterocycles. The molecular weight excluding hydrogens is 362 g/mol. The van der Waals surface area contributed by atoms with Gasteiger partial charge in [0, 0.05) is 37.7 Å². The first-order valence-electron chi connectivity index (χ1n) is 9.05. The van der Waals surface area contributed by atoms with Crippen molar-refractivity contribution in [1.82, 2.24) is 25.2 Å². The summed E-state index contributed by atoms with van der Waals surface area (Å²) in [6.45, 7) is 3.77. The standard InChI is InChI=1S/C19H25N5O2S/c1-26-17-6-4-16(5-7-17)3-2-8-20-9-10-24-15-18(21-22-24)19(25)23-11-13-27-14-12-23/h2-7,15,20H,8-14H2,1H3/b3-2+. The van der Waals surface area contributed by atoms with Gasteiger partial charge in [-0.2, -0.15) is 11.8 Å². The molecule has 0 radical (unpaired) electrons. The van der Waals surface area contributed by atoms with Crippen molar-refractivity contribution < 1.29 is 9.53 Å². The van der Waals surface area contributed by atoms with E-state index in [2.05, 4.69) is 27.8 Å². The number of nitrogens with zero attached hydrogens (tertiary/aromatic N) is 4. The number of amides is 1. The van der Waals surface area contributed by atoms with Crippen LogP contribution in [0.4, 0.5) is 0 Å². The van der Waals surface area contributed by atoms with Gasteiger partial charge in [-0.3, -0.25) is 9.48 Å². The van der Waals surface area contributed by atoms with Crippen LogP contribution in [0.2, 0.25) is 0 Å². The minimum Gasteiger partial charge on any atom is -0.497 e. The summed E-state index contributed by atoms with van der Waals surface area (Å²) in [7, 11) is 1.66. The number of thioether (sulfide) groups is 1. The van der Waals surface area contributed by atoms with Crippen molar-refractivity contribution in [2.45, 2.75) is 6.54 Å². The third-order valence-corrected chi connectivity index (χ3v) is 5.20. The molecule has 1 aliphatic rings. The van der Waals surface area contributed by atoms with Crippen molar-refractivity contribution in [2.75, 3.05) is 44.8 Å². The lowest BCUT2D eigenvalue weighted by Crippen LogP contribution is -2.38. The van der Waals surface area contributed by atoms with Crippen LogP contribution in [0.15, 0.2) is 36.5 Å². The third kappa shape index (κ3) is 5.83. The predicted octanol–water partition coefficient (Wildman–Crippen LogP) is 1.78. The zero-order valence-corrected chi connectivity index (χ0v) is 16.3. The molecule has 7 nitrogen and oxygen atoms in total. The number of ether oxygens (including phenoxy) is 1. The van der Waals surface area contributed by atoms with Gasteiger partial charge in [0.2, 0.25) is 0 Å². The highest BCUT2D eigenvalue weighted by Crippen LogP contribution is 2.12. The number of aromatic nitrogens is 3. The van der Waals surface area contributed by atoms with Crippen LogP contribution >= 0.6 is 11.8 Å². The van der Waals surface area contributed by atoms with Gasteiger partial charge in [-0.1, -0.05) is 29.5 Å². The average molecular weight is 388 g/mol. The van der Waals surface area contributed by atoms with Crippen molar-refractivity contribution in [3.05, 3.63) is 47.8 Å². The van der Waals surface area contributed by atoms with E-state index >= 15 is 0 Å². The molecule has 2 heterocycles. The van der Waals surface area contributed by atoms with Crippen LogP contribution in [-0.4, -0.2) is 70.6 Å². The summed E-state index contributed by atoms with van der Waals surface area (Å²) in [6.07, 6.45) is 5.88. The first kappa shape index (κ1) is 19.4. The molecule has 27 heavy (non-hydrogen) atoms. The van der Waals surface area contributed by atoms with E-state index in [0.717, 1.165) is 49.0 Å². The Kier molecular flexibility index (Phi) is 7.29. The Balaban J connectivity index is 1.37. The van der Waals surface area contributed by atoms with Gasteiger partial charge in [-0.25, -0.2) is 0 Å². The number of methoxy groups -OCH3 is 1. The number of benzene rings is 1. The van der Waals surface area contributed by atoms with Crippen molar-refractivity contribution >= 4 is 23.7 Å². The van der Waals surface area contributed by atoms with E-state index in [4.69, 9.17) is 4.74 Å². The van der Waals surface area contributed by atoms with E-state index in [0.29, 0.717) is 12.2 Å². The summed E-state index contributed by atoms with van der Waals surface area (Å²) in [5.74, 6) is 2.83. The van der Waals surface area contributed by atoms with E-state index in [-0.39, 0.29) is 5.91 Å². The third-order valence-electron chi connectivity index (χ3n) is 4.26.